The molecule has 0 aliphatic carbocycles. The fourth-order valence-electron chi connectivity index (χ4n) is 3.83. The van der Waals surface area contributed by atoms with Crippen LogP contribution in [0.3, 0.4) is 0 Å². The predicted molar refractivity (Wildman–Crippen MR) is 62.5 cm³/mol. The van der Waals surface area contributed by atoms with E-state index in [1.54, 1.807) is 0 Å². The second-order valence-electron chi connectivity index (χ2n) is 5.29. The third kappa shape index (κ3) is 1.98. The lowest BCUT2D eigenvalue weighted by molar-refractivity contribution is -0.959. The summed E-state index contributed by atoms with van der Waals surface area (Å²) in [4.78, 5) is 0. The zero-order valence-electron chi connectivity index (χ0n) is 9.70. The normalized spacial score (nSPS) is 40.9. The van der Waals surface area contributed by atoms with Gasteiger partial charge < -0.3 is 9.59 Å². The van der Waals surface area contributed by atoms with Crippen LogP contribution in [-0.4, -0.2) is 41.9 Å². The van der Waals surface area contributed by atoms with Gasteiger partial charge >= 0.3 is 0 Å². The summed E-state index contributed by atoms with van der Waals surface area (Å²) in [6.07, 6.45) is 8.64. The highest BCUT2D eigenvalue weighted by molar-refractivity contribution is 4.81. The van der Waals surface area contributed by atoms with Gasteiger partial charge in [-0.15, -0.1) is 0 Å². The highest BCUT2D eigenvalue weighted by Crippen LogP contribution is 2.37. The molecular weight excluding hydrogens is 186 g/mol. The largest absolute Gasteiger partial charge is 0.396 e. The van der Waals surface area contributed by atoms with E-state index >= 15 is 0 Å². The van der Waals surface area contributed by atoms with Crippen LogP contribution < -0.4 is 0 Å². The molecule has 0 aromatic rings. The molecule has 1 N–H and O–H groups in total. The van der Waals surface area contributed by atoms with Gasteiger partial charge in [-0.2, -0.15) is 0 Å². The maximum absolute atomic E-state index is 9.48. The topological polar surface area (TPSA) is 20.2 Å². The van der Waals surface area contributed by atoms with Gasteiger partial charge in [0.2, 0.25) is 0 Å². The van der Waals surface area contributed by atoms with Crippen LogP contribution in [0.5, 0.6) is 0 Å². The summed E-state index contributed by atoms with van der Waals surface area (Å²) >= 11 is 0. The monoisotopic (exact) mass is 210 g/mol. The molecule has 0 radical (unpaired) electrons. The van der Waals surface area contributed by atoms with Gasteiger partial charge in [-0.05, 0) is 31.8 Å². The molecule has 2 saturated heterocycles. The Labute approximate surface area is 93.2 Å². The number of piperidine rings is 2. The van der Waals surface area contributed by atoms with Crippen molar-refractivity contribution in [2.75, 3.05) is 26.2 Å². The molecule has 0 saturated carbocycles. The second-order valence-corrected chi connectivity index (χ2v) is 5.29. The SMILES string of the molecule is C=CC[N+]12CCCCC1C(CO)CCC2. The van der Waals surface area contributed by atoms with Crippen molar-refractivity contribution in [1.29, 1.82) is 0 Å². The molecule has 3 atom stereocenters. The smallest absolute Gasteiger partial charge is 0.0973 e. The molecule has 2 fully saturated rings. The molecule has 2 aliphatic rings. The molecule has 0 spiro atoms. The number of aliphatic hydroxyl groups is 1. The Hall–Kier alpha value is -0.340. The Bertz CT molecular complexity index is 225. The molecule has 2 aliphatic heterocycles. The van der Waals surface area contributed by atoms with Crippen LogP contribution in [0.15, 0.2) is 12.7 Å². The Morgan fingerprint density at radius 1 is 1.20 bits per heavy atom. The number of hydrogen-bond donors (Lipinski definition) is 1. The van der Waals surface area contributed by atoms with E-state index in [-0.39, 0.29) is 0 Å². The van der Waals surface area contributed by atoms with E-state index in [9.17, 15) is 5.11 Å². The molecule has 0 amide bonds. The second kappa shape index (κ2) is 4.67. The van der Waals surface area contributed by atoms with Crippen molar-refractivity contribution >= 4 is 0 Å². The lowest BCUT2D eigenvalue weighted by Crippen LogP contribution is -2.63. The third-order valence-corrected chi connectivity index (χ3v) is 4.51. The average Bonchev–Trinajstić information content (AvgIpc) is 2.28. The van der Waals surface area contributed by atoms with E-state index in [1.807, 2.05) is 0 Å². The van der Waals surface area contributed by atoms with E-state index in [1.165, 1.54) is 49.7 Å². The van der Waals surface area contributed by atoms with Crippen molar-refractivity contribution < 1.29 is 9.59 Å². The molecule has 0 aromatic carbocycles. The molecule has 2 rings (SSSR count). The van der Waals surface area contributed by atoms with Gasteiger partial charge in [0.25, 0.3) is 0 Å². The minimum atomic E-state index is 0.391. The van der Waals surface area contributed by atoms with Crippen LogP contribution in [0.4, 0.5) is 0 Å². The number of quaternary nitrogens is 1. The standard InChI is InChI=1S/C13H24NO/c1-2-8-14-9-4-3-7-13(14)12(11-15)6-5-10-14/h2,12-13,15H,1,3-11H2/q+1. The van der Waals surface area contributed by atoms with Crippen molar-refractivity contribution in [2.24, 2.45) is 5.92 Å². The molecule has 15 heavy (non-hydrogen) atoms. The number of fused-ring (bicyclic) bond motifs is 1. The molecule has 2 nitrogen and oxygen atoms in total. The summed E-state index contributed by atoms with van der Waals surface area (Å²) in [5, 5.41) is 9.48. The number of rotatable bonds is 3. The van der Waals surface area contributed by atoms with Gasteiger partial charge in [-0.1, -0.05) is 6.58 Å². The van der Waals surface area contributed by atoms with Crippen LogP contribution in [0.25, 0.3) is 0 Å². The zero-order chi connectivity index (χ0) is 10.7. The fraction of sp³-hybridized carbons (Fsp3) is 0.846. The summed E-state index contributed by atoms with van der Waals surface area (Å²) < 4.78 is 1.23. The molecular formula is C13H24NO+. The van der Waals surface area contributed by atoms with Crippen molar-refractivity contribution in [1.82, 2.24) is 0 Å². The van der Waals surface area contributed by atoms with E-state index < -0.39 is 0 Å². The minimum absolute atomic E-state index is 0.391. The maximum Gasteiger partial charge on any atom is 0.0973 e. The number of nitrogens with zero attached hydrogens (tertiary/aromatic N) is 1. The molecule has 86 valence electrons. The fourth-order valence-corrected chi connectivity index (χ4v) is 3.83. The van der Waals surface area contributed by atoms with Gasteiger partial charge in [-0.3, -0.25) is 0 Å². The average molecular weight is 210 g/mol. The summed E-state index contributed by atoms with van der Waals surface area (Å²) in [6, 6.07) is 0.718. The summed E-state index contributed by atoms with van der Waals surface area (Å²) in [7, 11) is 0. The van der Waals surface area contributed by atoms with E-state index in [2.05, 4.69) is 12.7 Å². The third-order valence-electron chi connectivity index (χ3n) is 4.51. The Kier molecular flexibility index (Phi) is 3.47. The maximum atomic E-state index is 9.48. The first-order chi connectivity index (χ1) is 7.32. The van der Waals surface area contributed by atoms with Crippen molar-refractivity contribution in [3.05, 3.63) is 12.7 Å². The van der Waals surface area contributed by atoms with Gasteiger partial charge in [0.1, 0.15) is 0 Å². The van der Waals surface area contributed by atoms with Crippen LogP contribution in [0.1, 0.15) is 32.1 Å². The van der Waals surface area contributed by atoms with Crippen molar-refractivity contribution in [3.63, 3.8) is 0 Å². The van der Waals surface area contributed by atoms with E-state index in [4.69, 9.17) is 0 Å². The van der Waals surface area contributed by atoms with Crippen molar-refractivity contribution in [3.8, 4) is 0 Å². The summed E-state index contributed by atoms with van der Waals surface area (Å²) in [5.74, 6) is 0.555. The van der Waals surface area contributed by atoms with Crippen LogP contribution >= 0.6 is 0 Å². The first-order valence-corrected chi connectivity index (χ1v) is 6.40. The first kappa shape index (κ1) is 11.2. The Morgan fingerprint density at radius 2 is 2.00 bits per heavy atom. The highest BCUT2D eigenvalue weighted by Gasteiger charge is 2.45. The number of aliphatic hydroxyl groups excluding tert-OH is 1. The molecule has 0 aromatic heterocycles. The molecule has 0 bridgehead atoms. The zero-order valence-corrected chi connectivity index (χ0v) is 9.70. The van der Waals surface area contributed by atoms with Gasteiger partial charge in [-0.25, -0.2) is 0 Å². The predicted octanol–water partition coefficient (Wildman–Crippen LogP) is 1.94. The van der Waals surface area contributed by atoms with Gasteiger partial charge in [0.05, 0.1) is 32.3 Å². The summed E-state index contributed by atoms with van der Waals surface area (Å²) in [6.45, 7) is 8.04. The lowest BCUT2D eigenvalue weighted by Gasteiger charge is -2.53. The van der Waals surface area contributed by atoms with Crippen LogP contribution in [0.2, 0.25) is 0 Å². The Morgan fingerprint density at radius 3 is 2.73 bits per heavy atom. The Balaban J connectivity index is 2.17. The number of hydrogen-bond acceptors (Lipinski definition) is 1. The highest BCUT2D eigenvalue weighted by atomic mass is 16.3. The van der Waals surface area contributed by atoms with Crippen molar-refractivity contribution in [2.45, 2.75) is 38.1 Å². The quantitative estimate of drug-likeness (QED) is 0.557. The molecule has 2 heteroatoms. The molecule has 2 heterocycles. The van der Waals surface area contributed by atoms with E-state index in [0.717, 1.165) is 12.6 Å². The lowest BCUT2D eigenvalue weighted by atomic mass is 9.81. The van der Waals surface area contributed by atoms with Gasteiger partial charge in [0, 0.05) is 12.3 Å². The minimum Gasteiger partial charge on any atom is -0.396 e. The summed E-state index contributed by atoms with van der Waals surface area (Å²) in [5.41, 5.74) is 0. The van der Waals surface area contributed by atoms with Gasteiger partial charge in [0.15, 0.2) is 0 Å². The van der Waals surface area contributed by atoms with Crippen LogP contribution in [0, 0.1) is 5.92 Å². The molecule has 3 unspecified atom stereocenters. The van der Waals surface area contributed by atoms with E-state index in [0.29, 0.717) is 12.5 Å². The van der Waals surface area contributed by atoms with Crippen LogP contribution in [-0.2, 0) is 0 Å². The first-order valence-electron chi connectivity index (χ1n) is 6.40.